The van der Waals surface area contributed by atoms with Gasteiger partial charge in [0.05, 0.1) is 12.9 Å². The molecule has 0 radical (unpaired) electrons. The van der Waals surface area contributed by atoms with Crippen LogP contribution in [0.2, 0.25) is 0 Å². The zero-order valence-corrected chi connectivity index (χ0v) is 19.7. The third-order valence-electron chi connectivity index (χ3n) is 5.41. The van der Waals surface area contributed by atoms with E-state index in [1.54, 1.807) is 19.1 Å². The van der Waals surface area contributed by atoms with Gasteiger partial charge in [-0.05, 0) is 36.6 Å². The third kappa shape index (κ3) is 5.62. The number of rotatable bonds is 7. The standard InChI is InChI=1S/C22H27BrN2O4S/c1-24(15-19-7-3-4-9-21(19)29-2)22(26)18-10-12-25(13-11-18)30(27,28)16-17-6-5-8-20(23)14-17/h3-9,14,18H,10-13,15-16H2,1-2H3. The zero-order valence-electron chi connectivity index (χ0n) is 17.3. The van der Waals surface area contributed by atoms with Crippen LogP contribution in [0.15, 0.2) is 53.0 Å². The summed E-state index contributed by atoms with van der Waals surface area (Å²) in [6.45, 7) is 1.20. The van der Waals surface area contributed by atoms with Gasteiger partial charge in [-0.15, -0.1) is 0 Å². The highest BCUT2D eigenvalue weighted by Gasteiger charge is 2.32. The van der Waals surface area contributed by atoms with Crippen LogP contribution in [0.25, 0.3) is 0 Å². The molecule has 0 aromatic heterocycles. The van der Waals surface area contributed by atoms with Crippen LogP contribution in [0.1, 0.15) is 24.0 Å². The van der Waals surface area contributed by atoms with E-state index in [2.05, 4.69) is 15.9 Å². The first kappa shape index (κ1) is 22.8. The number of hydrogen-bond donors (Lipinski definition) is 0. The van der Waals surface area contributed by atoms with Crippen molar-refractivity contribution < 1.29 is 17.9 Å². The molecular weight excluding hydrogens is 468 g/mol. The lowest BCUT2D eigenvalue weighted by molar-refractivity contribution is -0.135. The van der Waals surface area contributed by atoms with Crippen LogP contribution in [0, 0.1) is 5.92 Å². The van der Waals surface area contributed by atoms with Gasteiger partial charge in [0, 0.05) is 42.6 Å². The second kappa shape index (κ2) is 9.94. The van der Waals surface area contributed by atoms with Gasteiger partial charge in [-0.25, -0.2) is 12.7 Å². The number of amides is 1. The minimum Gasteiger partial charge on any atom is -0.496 e. The fourth-order valence-electron chi connectivity index (χ4n) is 3.79. The molecule has 30 heavy (non-hydrogen) atoms. The van der Waals surface area contributed by atoms with Crippen LogP contribution in [0.3, 0.4) is 0 Å². The van der Waals surface area contributed by atoms with Gasteiger partial charge < -0.3 is 9.64 Å². The molecule has 2 aromatic carbocycles. The van der Waals surface area contributed by atoms with E-state index in [-0.39, 0.29) is 17.6 Å². The van der Waals surface area contributed by atoms with E-state index in [0.717, 1.165) is 21.3 Å². The summed E-state index contributed by atoms with van der Waals surface area (Å²) >= 11 is 3.38. The maximum Gasteiger partial charge on any atom is 0.225 e. The summed E-state index contributed by atoms with van der Waals surface area (Å²) in [5.74, 6) is 0.608. The first-order chi connectivity index (χ1) is 14.3. The summed E-state index contributed by atoms with van der Waals surface area (Å²) in [5, 5.41) is 0. The topological polar surface area (TPSA) is 66.9 Å². The van der Waals surface area contributed by atoms with Crippen molar-refractivity contribution in [1.29, 1.82) is 0 Å². The molecule has 0 N–H and O–H groups in total. The minimum atomic E-state index is -3.41. The van der Waals surface area contributed by atoms with Crippen molar-refractivity contribution in [3.63, 3.8) is 0 Å². The van der Waals surface area contributed by atoms with Gasteiger partial charge in [0.1, 0.15) is 5.75 Å². The Morgan fingerprint density at radius 1 is 1.17 bits per heavy atom. The SMILES string of the molecule is COc1ccccc1CN(C)C(=O)C1CCN(S(=O)(=O)Cc2cccc(Br)c2)CC1. The monoisotopic (exact) mass is 494 g/mol. The Bertz CT molecular complexity index is 988. The molecule has 162 valence electrons. The van der Waals surface area contributed by atoms with Crippen molar-refractivity contribution in [3.05, 3.63) is 64.1 Å². The van der Waals surface area contributed by atoms with E-state index in [9.17, 15) is 13.2 Å². The van der Waals surface area contributed by atoms with Crippen LogP contribution in [0.5, 0.6) is 5.75 Å². The zero-order chi connectivity index (χ0) is 21.7. The highest BCUT2D eigenvalue weighted by Crippen LogP contribution is 2.25. The van der Waals surface area contributed by atoms with Crippen molar-refractivity contribution in [1.82, 2.24) is 9.21 Å². The Balaban J connectivity index is 1.57. The second-order valence-corrected chi connectivity index (χ2v) is 10.5. The second-order valence-electron chi connectivity index (χ2n) is 7.57. The van der Waals surface area contributed by atoms with Crippen LogP contribution < -0.4 is 4.74 Å². The molecule has 1 amide bonds. The largest absolute Gasteiger partial charge is 0.496 e. The van der Waals surface area contributed by atoms with Gasteiger partial charge in [-0.3, -0.25) is 4.79 Å². The Labute approximate surface area is 187 Å². The summed E-state index contributed by atoms with van der Waals surface area (Å²) in [6, 6.07) is 15.0. The summed E-state index contributed by atoms with van der Waals surface area (Å²) in [6.07, 6.45) is 1.07. The number of carbonyl (C=O) groups is 1. The number of nitrogens with zero attached hydrogens (tertiary/aromatic N) is 2. The summed E-state index contributed by atoms with van der Waals surface area (Å²) in [4.78, 5) is 14.6. The summed E-state index contributed by atoms with van der Waals surface area (Å²) in [5.41, 5.74) is 1.70. The third-order valence-corrected chi connectivity index (χ3v) is 7.75. The smallest absolute Gasteiger partial charge is 0.225 e. The number of ether oxygens (including phenoxy) is 1. The molecule has 1 aliphatic rings. The molecule has 1 heterocycles. The van der Waals surface area contributed by atoms with E-state index >= 15 is 0 Å². The first-order valence-corrected chi connectivity index (χ1v) is 12.3. The summed E-state index contributed by atoms with van der Waals surface area (Å²) < 4.78 is 33.3. The fourth-order valence-corrected chi connectivity index (χ4v) is 5.79. The molecule has 0 bridgehead atoms. The van der Waals surface area contributed by atoms with E-state index in [1.165, 1.54) is 4.31 Å². The van der Waals surface area contributed by atoms with Crippen LogP contribution in [0.4, 0.5) is 0 Å². The van der Waals surface area contributed by atoms with Gasteiger partial charge >= 0.3 is 0 Å². The molecule has 0 unspecified atom stereocenters. The van der Waals surface area contributed by atoms with Crippen molar-refractivity contribution >= 4 is 31.9 Å². The highest BCUT2D eigenvalue weighted by atomic mass is 79.9. The molecule has 6 nitrogen and oxygen atoms in total. The first-order valence-electron chi connectivity index (χ1n) is 9.89. The molecule has 0 aliphatic carbocycles. The lowest BCUT2D eigenvalue weighted by Gasteiger charge is -2.32. The van der Waals surface area contributed by atoms with Crippen molar-refractivity contribution in [2.75, 3.05) is 27.2 Å². The average Bonchev–Trinajstić information content (AvgIpc) is 2.73. The van der Waals surface area contributed by atoms with Gasteiger partial charge in [-0.2, -0.15) is 0 Å². The van der Waals surface area contributed by atoms with Gasteiger partial charge in [0.15, 0.2) is 0 Å². The number of halogens is 1. The number of para-hydroxylation sites is 1. The maximum atomic E-state index is 12.9. The number of sulfonamides is 1. The molecule has 0 atom stereocenters. The van der Waals surface area contributed by atoms with Crippen molar-refractivity contribution in [2.24, 2.45) is 5.92 Å². The molecule has 3 rings (SSSR count). The van der Waals surface area contributed by atoms with E-state index in [4.69, 9.17) is 4.74 Å². The Morgan fingerprint density at radius 3 is 2.53 bits per heavy atom. The van der Waals surface area contributed by atoms with E-state index < -0.39 is 10.0 Å². The normalized spacial score (nSPS) is 15.7. The Morgan fingerprint density at radius 2 is 1.87 bits per heavy atom. The number of benzene rings is 2. The lowest BCUT2D eigenvalue weighted by atomic mass is 9.96. The summed E-state index contributed by atoms with van der Waals surface area (Å²) in [7, 11) is -0.0101. The molecular formula is C22H27BrN2O4S. The lowest BCUT2D eigenvalue weighted by Crippen LogP contribution is -2.43. The fraction of sp³-hybridized carbons (Fsp3) is 0.409. The van der Waals surface area contributed by atoms with E-state index in [0.29, 0.717) is 32.5 Å². The molecule has 2 aromatic rings. The predicted molar refractivity (Wildman–Crippen MR) is 121 cm³/mol. The number of carbonyl (C=O) groups excluding carboxylic acids is 1. The quantitative estimate of drug-likeness (QED) is 0.588. The Kier molecular flexibility index (Phi) is 7.55. The Hall–Kier alpha value is -1.90. The van der Waals surface area contributed by atoms with Gasteiger partial charge in [0.25, 0.3) is 0 Å². The van der Waals surface area contributed by atoms with Crippen LogP contribution >= 0.6 is 15.9 Å². The minimum absolute atomic E-state index is 0.0290. The molecule has 1 aliphatic heterocycles. The average molecular weight is 495 g/mol. The molecule has 1 fully saturated rings. The van der Waals surface area contributed by atoms with Crippen LogP contribution in [-0.2, 0) is 27.1 Å². The van der Waals surface area contributed by atoms with Gasteiger partial charge in [-0.1, -0.05) is 46.3 Å². The van der Waals surface area contributed by atoms with Crippen molar-refractivity contribution in [2.45, 2.75) is 25.1 Å². The van der Waals surface area contributed by atoms with Crippen LogP contribution in [-0.4, -0.2) is 50.8 Å². The molecule has 8 heteroatoms. The number of methoxy groups -OCH3 is 1. The maximum absolute atomic E-state index is 12.9. The highest BCUT2D eigenvalue weighted by molar-refractivity contribution is 9.10. The molecule has 0 saturated carbocycles. The number of piperidine rings is 1. The molecule has 1 saturated heterocycles. The van der Waals surface area contributed by atoms with Crippen molar-refractivity contribution in [3.8, 4) is 5.75 Å². The van der Waals surface area contributed by atoms with E-state index in [1.807, 2.05) is 48.5 Å². The molecule has 0 spiro atoms. The van der Waals surface area contributed by atoms with Gasteiger partial charge in [0.2, 0.25) is 15.9 Å². The number of hydrogen-bond acceptors (Lipinski definition) is 4. The predicted octanol–water partition coefficient (Wildman–Crippen LogP) is 3.66.